The molecule has 0 bridgehead atoms. The van der Waals surface area contributed by atoms with E-state index >= 15 is 0 Å². The van der Waals surface area contributed by atoms with Gasteiger partial charge in [0.25, 0.3) is 0 Å². The fourth-order valence-corrected chi connectivity index (χ4v) is 3.16. The standard InChI is InChI=1S/C17H25F3N2O/c1-14-11-21(12-15-6-3-2-4-7-15)8-5-9-22(14)13-16(23)10-17(18,19)20/h2-4,6-7,14,16,23H,5,8-13H2,1H3/t14-,16+/m0/s1. The second-order valence-corrected chi connectivity index (χ2v) is 6.39. The predicted molar refractivity (Wildman–Crippen MR) is 84.0 cm³/mol. The van der Waals surface area contributed by atoms with Crippen LogP contribution in [0.25, 0.3) is 0 Å². The Balaban J connectivity index is 1.86. The summed E-state index contributed by atoms with van der Waals surface area (Å²) in [4.78, 5) is 4.30. The van der Waals surface area contributed by atoms with Crippen LogP contribution in [0.2, 0.25) is 0 Å². The van der Waals surface area contributed by atoms with E-state index in [9.17, 15) is 18.3 Å². The lowest BCUT2D eigenvalue weighted by molar-refractivity contribution is -0.155. The zero-order chi connectivity index (χ0) is 16.9. The normalized spacial score (nSPS) is 22.7. The summed E-state index contributed by atoms with van der Waals surface area (Å²) >= 11 is 0. The number of hydrogen-bond acceptors (Lipinski definition) is 3. The van der Waals surface area contributed by atoms with E-state index in [1.807, 2.05) is 30.0 Å². The molecule has 0 spiro atoms. The molecular formula is C17H25F3N2O. The van der Waals surface area contributed by atoms with E-state index in [2.05, 4.69) is 17.0 Å². The lowest BCUT2D eigenvalue weighted by Crippen LogP contribution is -2.43. The molecule has 3 nitrogen and oxygen atoms in total. The minimum Gasteiger partial charge on any atom is -0.391 e. The Morgan fingerprint density at radius 2 is 1.91 bits per heavy atom. The fourth-order valence-electron chi connectivity index (χ4n) is 3.16. The Morgan fingerprint density at radius 1 is 1.22 bits per heavy atom. The highest BCUT2D eigenvalue weighted by atomic mass is 19.4. The Bertz CT molecular complexity index is 467. The third-order valence-electron chi connectivity index (χ3n) is 4.23. The summed E-state index contributed by atoms with van der Waals surface area (Å²) in [5.41, 5.74) is 1.24. The van der Waals surface area contributed by atoms with E-state index in [4.69, 9.17) is 0 Å². The van der Waals surface area contributed by atoms with Crippen LogP contribution in [0.3, 0.4) is 0 Å². The van der Waals surface area contributed by atoms with Crippen LogP contribution in [0.5, 0.6) is 0 Å². The van der Waals surface area contributed by atoms with Crippen LogP contribution in [0, 0.1) is 0 Å². The van der Waals surface area contributed by atoms with Crippen molar-refractivity contribution in [3.05, 3.63) is 35.9 Å². The number of benzene rings is 1. The van der Waals surface area contributed by atoms with E-state index < -0.39 is 18.7 Å². The first-order valence-electron chi connectivity index (χ1n) is 8.08. The first kappa shape index (κ1) is 18.2. The van der Waals surface area contributed by atoms with Gasteiger partial charge in [-0.15, -0.1) is 0 Å². The van der Waals surface area contributed by atoms with Crippen LogP contribution >= 0.6 is 0 Å². The maximum Gasteiger partial charge on any atom is 0.391 e. The van der Waals surface area contributed by atoms with Gasteiger partial charge in [-0.1, -0.05) is 30.3 Å². The van der Waals surface area contributed by atoms with Gasteiger partial charge in [0.15, 0.2) is 0 Å². The molecule has 1 fully saturated rings. The average molecular weight is 330 g/mol. The topological polar surface area (TPSA) is 26.7 Å². The van der Waals surface area contributed by atoms with E-state index in [1.54, 1.807) is 0 Å². The molecule has 0 aliphatic carbocycles. The molecule has 1 heterocycles. The SMILES string of the molecule is C[C@H]1CN(Cc2ccccc2)CCCN1C[C@H](O)CC(F)(F)F. The number of alkyl halides is 3. The number of aliphatic hydroxyl groups is 1. The van der Waals surface area contributed by atoms with Gasteiger partial charge in [-0.3, -0.25) is 9.80 Å². The zero-order valence-electron chi connectivity index (χ0n) is 13.5. The molecular weight excluding hydrogens is 305 g/mol. The molecule has 0 amide bonds. The minimum absolute atomic E-state index is 0.0832. The van der Waals surface area contributed by atoms with Crippen LogP contribution < -0.4 is 0 Å². The highest BCUT2D eigenvalue weighted by molar-refractivity contribution is 5.14. The maximum atomic E-state index is 12.4. The number of aliphatic hydroxyl groups excluding tert-OH is 1. The summed E-state index contributed by atoms with van der Waals surface area (Å²) in [6.45, 7) is 5.40. The van der Waals surface area contributed by atoms with Gasteiger partial charge in [0.1, 0.15) is 0 Å². The third-order valence-corrected chi connectivity index (χ3v) is 4.23. The summed E-state index contributed by atoms with van der Waals surface area (Å²) in [7, 11) is 0. The van der Waals surface area contributed by atoms with Crippen LogP contribution in [-0.2, 0) is 6.54 Å². The van der Waals surface area contributed by atoms with Crippen molar-refractivity contribution in [1.29, 1.82) is 0 Å². The highest BCUT2D eigenvalue weighted by Crippen LogP contribution is 2.23. The Morgan fingerprint density at radius 3 is 2.57 bits per heavy atom. The molecule has 130 valence electrons. The Hall–Kier alpha value is -1.11. The highest BCUT2D eigenvalue weighted by Gasteiger charge is 2.33. The molecule has 2 rings (SSSR count). The molecule has 1 aromatic rings. The van der Waals surface area contributed by atoms with E-state index in [0.29, 0.717) is 0 Å². The number of β-amino-alcohol motifs (C(OH)–C–C–N with tert-alkyl or cyclic N) is 1. The smallest absolute Gasteiger partial charge is 0.391 e. The fraction of sp³-hybridized carbons (Fsp3) is 0.647. The second-order valence-electron chi connectivity index (χ2n) is 6.39. The lowest BCUT2D eigenvalue weighted by Gasteiger charge is -2.30. The number of rotatable bonds is 5. The van der Waals surface area contributed by atoms with Gasteiger partial charge >= 0.3 is 6.18 Å². The number of halogens is 3. The van der Waals surface area contributed by atoms with Crippen LogP contribution in [0.1, 0.15) is 25.3 Å². The van der Waals surface area contributed by atoms with Crippen LogP contribution in [0.4, 0.5) is 13.2 Å². The quantitative estimate of drug-likeness (QED) is 0.899. The summed E-state index contributed by atoms with van der Waals surface area (Å²) in [6, 6.07) is 10.3. The van der Waals surface area contributed by atoms with Crippen molar-refractivity contribution >= 4 is 0 Å². The largest absolute Gasteiger partial charge is 0.391 e. The third kappa shape index (κ3) is 6.49. The van der Waals surface area contributed by atoms with Crippen molar-refractivity contribution < 1.29 is 18.3 Å². The summed E-state index contributed by atoms with van der Waals surface area (Å²) in [5.74, 6) is 0. The van der Waals surface area contributed by atoms with Gasteiger partial charge in [0, 0.05) is 25.7 Å². The van der Waals surface area contributed by atoms with Crippen LogP contribution in [0.15, 0.2) is 30.3 Å². The zero-order valence-corrected chi connectivity index (χ0v) is 13.5. The molecule has 1 aliphatic heterocycles. The molecule has 0 aromatic heterocycles. The van der Waals surface area contributed by atoms with Crippen molar-refractivity contribution in [3.8, 4) is 0 Å². The number of nitrogens with zero attached hydrogens (tertiary/aromatic N) is 2. The molecule has 1 aromatic carbocycles. The van der Waals surface area contributed by atoms with Gasteiger partial charge < -0.3 is 5.11 Å². The molecule has 1 N–H and O–H groups in total. The maximum absolute atomic E-state index is 12.4. The van der Waals surface area contributed by atoms with Crippen molar-refractivity contribution in [2.45, 2.75) is 44.6 Å². The average Bonchev–Trinajstić information content (AvgIpc) is 2.60. The van der Waals surface area contributed by atoms with E-state index in [0.717, 1.165) is 32.6 Å². The van der Waals surface area contributed by atoms with E-state index in [-0.39, 0.29) is 12.6 Å². The molecule has 23 heavy (non-hydrogen) atoms. The molecule has 1 saturated heterocycles. The van der Waals surface area contributed by atoms with Crippen molar-refractivity contribution in [2.24, 2.45) is 0 Å². The van der Waals surface area contributed by atoms with Gasteiger partial charge in [0.2, 0.25) is 0 Å². The monoisotopic (exact) mass is 330 g/mol. The summed E-state index contributed by atoms with van der Waals surface area (Å²) in [5, 5.41) is 9.67. The van der Waals surface area contributed by atoms with Gasteiger partial charge in [-0.25, -0.2) is 0 Å². The molecule has 6 heteroatoms. The van der Waals surface area contributed by atoms with E-state index in [1.165, 1.54) is 5.56 Å². The molecule has 0 unspecified atom stereocenters. The Kier molecular flexibility index (Phi) is 6.44. The first-order valence-corrected chi connectivity index (χ1v) is 8.08. The molecule has 1 aliphatic rings. The predicted octanol–water partition coefficient (Wildman–Crippen LogP) is 2.90. The van der Waals surface area contributed by atoms with Gasteiger partial charge in [-0.2, -0.15) is 13.2 Å². The van der Waals surface area contributed by atoms with Crippen LogP contribution in [-0.4, -0.2) is 59.4 Å². The molecule has 0 radical (unpaired) electrons. The molecule has 2 atom stereocenters. The van der Waals surface area contributed by atoms with Crippen molar-refractivity contribution in [3.63, 3.8) is 0 Å². The first-order chi connectivity index (χ1) is 10.8. The van der Waals surface area contributed by atoms with Gasteiger partial charge in [0.05, 0.1) is 12.5 Å². The summed E-state index contributed by atoms with van der Waals surface area (Å²) < 4.78 is 37.1. The summed E-state index contributed by atoms with van der Waals surface area (Å²) in [6.07, 6.45) is -5.90. The van der Waals surface area contributed by atoms with Gasteiger partial charge in [-0.05, 0) is 32.0 Å². The second kappa shape index (κ2) is 8.13. The minimum atomic E-state index is -4.31. The molecule has 0 saturated carbocycles. The van der Waals surface area contributed by atoms with Crippen molar-refractivity contribution in [2.75, 3.05) is 26.2 Å². The Labute approximate surface area is 135 Å². The lowest BCUT2D eigenvalue weighted by atomic mass is 10.2. The number of hydrogen-bond donors (Lipinski definition) is 1. The van der Waals surface area contributed by atoms with Crippen molar-refractivity contribution in [1.82, 2.24) is 9.80 Å².